The summed E-state index contributed by atoms with van der Waals surface area (Å²) in [6, 6.07) is 22.2. The first-order valence-corrected chi connectivity index (χ1v) is 13.5. The maximum atomic E-state index is 13.7. The van der Waals surface area contributed by atoms with Gasteiger partial charge in [-0.3, -0.25) is 9.36 Å². The summed E-state index contributed by atoms with van der Waals surface area (Å²) < 4.78 is 25.5. The van der Waals surface area contributed by atoms with Gasteiger partial charge in [-0.25, -0.2) is 18.5 Å². The van der Waals surface area contributed by atoms with Gasteiger partial charge in [-0.05, 0) is 54.3 Å². The highest BCUT2D eigenvalue weighted by Gasteiger charge is 2.20. The van der Waals surface area contributed by atoms with Crippen LogP contribution in [0.3, 0.4) is 0 Å². The van der Waals surface area contributed by atoms with Crippen molar-refractivity contribution < 1.29 is 8.42 Å². The van der Waals surface area contributed by atoms with Crippen LogP contribution in [0.4, 0.5) is 11.8 Å². The van der Waals surface area contributed by atoms with E-state index in [-0.39, 0.29) is 16.4 Å². The van der Waals surface area contributed by atoms with Crippen molar-refractivity contribution in [2.45, 2.75) is 17.9 Å². The Kier molecular flexibility index (Phi) is 6.62. The summed E-state index contributed by atoms with van der Waals surface area (Å²) >= 11 is 6.42. The number of primary sulfonamides is 1. The maximum absolute atomic E-state index is 13.7. The SMILES string of the molecule is CC(Nc1nc(N)ncc1-c1cccc(S(N)(=O)=O)c1)c1cc2cccc(Cl)c2c(=O)n1-c1ccccc1. The van der Waals surface area contributed by atoms with Crippen molar-refractivity contribution in [1.82, 2.24) is 14.5 Å². The number of nitrogens with zero attached hydrogens (tertiary/aromatic N) is 3. The predicted octanol–water partition coefficient (Wildman–Crippen LogP) is 4.50. The van der Waals surface area contributed by atoms with Crippen LogP contribution in [0.15, 0.2) is 94.7 Å². The van der Waals surface area contributed by atoms with Gasteiger partial charge in [0.2, 0.25) is 16.0 Å². The molecule has 0 aliphatic rings. The first-order valence-electron chi connectivity index (χ1n) is 11.6. The second kappa shape index (κ2) is 9.90. The van der Waals surface area contributed by atoms with E-state index in [1.807, 2.05) is 49.4 Å². The summed E-state index contributed by atoms with van der Waals surface area (Å²) in [6.07, 6.45) is 1.50. The number of pyridine rings is 1. The lowest BCUT2D eigenvalue weighted by atomic mass is 10.1. The molecule has 11 heteroatoms. The molecule has 0 fully saturated rings. The molecule has 0 saturated carbocycles. The number of halogens is 1. The van der Waals surface area contributed by atoms with Crippen LogP contribution < -0.4 is 21.7 Å². The largest absolute Gasteiger partial charge is 0.368 e. The van der Waals surface area contributed by atoms with Gasteiger partial charge in [0.15, 0.2) is 0 Å². The first kappa shape index (κ1) is 25.4. The van der Waals surface area contributed by atoms with E-state index in [1.54, 1.807) is 28.8 Å². The number of nitrogens with two attached hydrogens (primary N) is 2. The van der Waals surface area contributed by atoms with Crippen LogP contribution in [0, 0.1) is 0 Å². The van der Waals surface area contributed by atoms with Gasteiger partial charge in [-0.1, -0.05) is 54.1 Å². The van der Waals surface area contributed by atoms with Gasteiger partial charge < -0.3 is 11.1 Å². The fourth-order valence-electron chi connectivity index (χ4n) is 4.34. The number of hydrogen-bond donors (Lipinski definition) is 3. The van der Waals surface area contributed by atoms with Crippen molar-refractivity contribution in [3.63, 3.8) is 0 Å². The molecule has 0 aliphatic heterocycles. The number of aromatic nitrogens is 3. The highest BCUT2D eigenvalue weighted by atomic mass is 35.5. The van der Waals surface area contributed by atoms with Crippen LogP contribution in [0.1, 0.15) is 18.7 Å². The number of nitrogens with one attached hydrogen (secondary N) is 1. The molecule has 5 aromatic rings. The van der Waals surface area contributed by atoms with Gasteiger partial charge in [0, 0.05) is 23.1 Å². The van der Waals surface area contributed by atoms with Crippen LogP contribution in [0.5, 0.6) is 0 Å². The average molecular weight is 547 g/mol. The molecular weight excluding hydrogens is 524 g/mol. The van der Waals surface area contributed by atoms with Crippen molar-refractivity contribution in [3.05, 3.63) is 106 Å². The third-order valence-electron chi connectivity index (χ3n) is 6.12. The molecule has 38 heavy (non-hydrogen) atoms. The Labute approximate surface area is 223 Å². The van der Waals surface area contributed by atoms with Gasteiger partial charge in [0.25, 0.3) is 5.56 Å². The predicted molar refractivity (Wildman–Crippen MR) is 150 cm³/mol. The molecule has 0 radical (unpaired) electrons. The van der Waals surface area contributed by atoms with Crippen LogP contribution in [-0.2, 0) is 10.0 Å². The standard InChI is InChI=1S/C27H23ClN6O3S/c1-16(32-25-21(15-31-27(29)33-25)17-7-5-11-20(13-17)38(30,36)37)23-14-18-8-6-12-22(28)24(18)26(35)34(23)19-9-3-2-4-10-19/h2-16H,1H3,(H2,30,36,37)(H3,29,31,32,33). The zero-order valence-corrected chi connectivity index (χ0v) is 21.7. The minimum atomic E-state index is -3.92. The molecule has 2 heterocycles. The summed E-state index contributed by atoms with van der Waals surface area (Å²) in [4.78, 5) is 22.2. The number of hydrogen-bond acceptors (Lipinski definition) is 7. The third-order valence-corrected chi connectivity index (χ3v) is 7.34. The molecule has 2 aromatic heterocycles. The van der Waals surface area contributed by atoms with Crippen LogP contribution >= 0.6 is 11.6 Å². The van der Waals surface area contributed by atoms with Crippen molar-refractivity contribution >= 4 is 44.2 Å². The molecule has 0 bridgehead atoms. The highest BCUT2D eigenvalue weighted by molar-refractivity contribution is 7.89. The van der Waals surface area contributed by atoms with E-state index >= 15 is 0 Å². The Morgan fingerprint density at radius 2 is 1.74 bits per heavy atom. The van der Waals surface area contributed by atoms with E-state index in [2.05, 4.69) is 15.3 Å². The molecule has 192 valence electrons. The lowest BCUT2D eigenvalue weighted by Crippen LogP contribution is -2.26. The zero-order chi connectivity index (χ0) is 27.0. The van der Waals surface area contributed by atoms with E-state index in [0.29, 0.717) is 44.1 Å². The van der Waals surface area contributed by atoms with Crippen molar-refractivity contribution in [2.24, 2.45) is 5.14 Å². The highest BCUT2D eigenvalue weighted by Crippen LogP contribution is 2.32. The lowest BCUT2D eigenvalue weighted by Gasteiger charge is -2.23. The fourth-order valence-corrected chi connectivity index (χ4v) is 5.16. The van der Waals surface area contributed by atoms with Gasteiger partial charge in [0.1, 0.15) is 5.82 Å². The summed E-state index contributed by atoms with van der Waals surface area (Å²) in [5.74, 6) is 0.381. The minimum Gasteiger partial charge on any atom is -0.368 e. The molecule has 0 aliphatic carbocycles. The second-order valence-electron chi connectivity index (χ2n) is 8.68. The molecule has 5 N–H and O–H groups in total. The van der Waals surface area contributed by atoms with Gasteiger partial charge in [0.05, 0.1) is 21.3 Å². The number of rotatable bonds is 6. The molecular formula is C27H23ClN6O3S. The Morgan fingerprint density at radius 3 is 2.47 bits per heavy atom. The molecule has 5 rings (SSSR count). The molecule has 0 saturated heterocycles. The topological polar surface area (TPSA) is 146 Å². The minimum absolute atomic E-state index is 0.0248. The fraction of sp³-hybridized carbons (Fsp3) is 0.0741. The molecule has 0 amide bonds. The number of anilines is 2. The van der Waals surface area contributed by atoms with Gasteiger partial charge in [-0.2, -0.15) is 4.98 Å². The van der Waals surface area contributed by atoms with E-state index in [0.717, 1.165) is 0 Å². The summed E-state index contributed by atoms with van der Waals surface area (Å²) in [6.45, 7) is 1.88. The lowest BCUT2D eigenvalue weighted by molar-refractivity contribution is 0.598. The van der Waals surface area contributed by atoms with Crippen LogP contribution in [0.2, 0.25) is 5.02 Å². The Balaban J connectivity index is 1.66. The van der Waals surface area contributed by atoms with E-state index in [4.69, 9.17) is 22.5 Å². The molecule has 1 atom stereocenters. The Hall–Kier alpha value is -4.25. The van der Waals surface area contributed by atoms with Crippen molar-refractivity contribution in [1.29, 1.82) is 0 Å². The average Bonchev–Trinajstić information content (AvgIpc) is 2.88. The van der Waals surface area contributed by atoms with Crippen molar-refractivity contribution in [3.8, 4) is 16.8 Å². The third kappa shape index (κ3) is 4.84. The smallest absolute Gasteiger partial charge is 0.264 e. The maximum Gasteiger partial charge on any atom is 0.264 e. The van der Waals surface area contributed by atoms with E-state index < -0.39 is 16.1 Å². The molecule has 0 spiro atoms. The first-order chi connectivity index (χ1) is 18.1. The Morgan fingerprint density at radius 1 is 1.00 bits per heavy atom. The summed E-state index contributed by atoms with van der Waals surface area (Å²) in [5, 5.41) is 10.1. The number of fused-ring (bicyclic) bond motifs is 1. The summed E-state index contributed by atoms with van der Waals surface area (Å²) in [7, 11) is -3.92. The zero-order valence-electron chi connectivity index (χ0n) is 20.2. The van der Waals surface area contributed by atoms with E-state index in [9.17, 15) is 13.2 Å². The second-order valence-corrected chi connectivity index (χ2v) is 10.6. The number of sulfonamides is 1. The molecule has 9 nitrogen and oxygen atoms in total. The quantitative estimate of drug-likeness (QED) is 0.284. The molecule has 1 unspecified atom stereocenters. The normalized spacial score (nSPS) is 12.4. The number of nitrogen functional groups attached to an aromatic ring is 1. The molecule has 3 aromatic carbocycles. The van der Waals surface area contributed by atoms with Gasteiger partial charge >= 0.3 is 0 Å². The van der Waals surface area contributed by atoms with Crippen LogP contribution in [-0.4, -0.2) is 23.0 Å². The monoisotopic (exact) mass is 546 g/mol. The van der Waals surface area contributed by atoms with Crippen LogP contribution in [0.25, 0.3) is 27.6 Å². The number of para-hydroxylation sites is 1. The van der Waals surface area contributed by atoms with Gasteiger partial charge in [-0.15, -0.1) is 0 Å². The van der Waals surface area contributed by atoms with Crippen molar-refractivity contribution in [2.75, 3.05) is 11.1 Å². The summed E-state index contributed by atoms with van der Waals surface area (Å²) in [5.41, 5.74) is 8.01. The Bertz CT molecular complexity index is 1840. The van der Waals surface area contributed by atoms with E-state index in [1.165, 1.54) is 18.3 Å². The number of benzene rings is 3.